The molecular formula is C44H26N6O6. The van der Waals surface area contributed by atoms with Gasteiger partial charge in [0.25, 0.3) is 5.91 Å². The molecule has 2 aliphatic rings. The lowest BCUT2D eigenvalue weighted by molar-refractivity contribution is 0.0979. The summed E-state index contributed by atoms with van der Waals surface area (Å²) in [6, 6.07) is 38.2. The number of amides is 1. The third kappa shape index (κ3) is 5.93. The number of benzene rings is 6. The highest BCUT2D eigenvalue weighted by Crippen LogP contribution is 2.37. The Kier molecular flexibility index (Phi) is 8.24. The fourth-order valence-electron chi connectivity index (χ4n) is 6.83. The van der Waals surface area contributed by atoms with Gasteiger partial charge in [-0.1, -0.05) is 97.1 Å². The number of para-hydroxylation sites is 1. The van der Waals surface area contributed by atoms with Crippen molar-refractivity contribution < 1.29 is 28.7 Å². The molecule has 2 aliphatic carbocycles. The number of fused-ring (bicyclic) bond motifs is 4. The summed E-state index contributed by atoms with van der Waals surface area (Å²) in [6.07, 6.45) is 0. The van der Waals surface area contributed by atoms with Crippen LogP contribution in [-0.4, -0.2) is 44.0 Å². The molecule has 1 heterocycles. The summed E-state index contributed by atoms with van der Waals surface area (Å²) in [7, 11) is 0. The number of hydrogen-bond acceptors (Lipinski definition) is 11. The molecule has 0 atom stereocenters. The molecule has 7 aromatic rings. The second-order valence-electron chi connectivity index (χ2n) is 12.8. The number of carbonyl (C=O) groups excluding carboxylic acids is 5. The van der Waals surface area contributed by atoms with E-state index in [-0.39, 0.29) is 85.5 Å². The second-order valence-corrected chi connectivity index (χ2v) is 12.8. The van der Waals surface area contributed by atoms with E-state index in [9.17, 15) is 24.0 Å². The summed E-state index contributed by atoms with van der Waals surface area (Å²) in [4.78, 5) is 82.0. The van der Waals surface area contributed by atoms with Gasteiger partial charge < -0.3 is 20.7 Å². The molecule has 0 fully saturated rings. The van der Waals surface area contributed by atoms with Gasteiger partial charge in [0.1, 0.15) is 5.75 Å². The SMILES string of the molecule is O=C(Nc1cccc2c1C(=O)c1cccc(Nc3nc(Nc4cccc5c4C(=O)c4ccccc4C5=O)nc(Oc4ccccc4)n3)c1C2=O)c1ccccc1. The van der Waals surface area contributed by atoms with E-state index in [4.69, 9.17) is 4.74 Å². The van der Waals surface area contributed by atoms with E-state index >= 15 is 0 Å². The summed E-state index contributed by atoms with van der Waals surface area (Å²) in [5.41, 5.74) is 2.50. The van der Waals surface area contributed by atoms with Gasteiger partial charge in [0, 0.05) is 33.4 Å². The molecular weight excluding hydrogens is 709 g/mol. The number of hydrogen-bond donors (Lipinski definition) is 3. The highest BCUT2D eigenvalue weighted by atomic mass is 16.5. The van der Waals surface area contributed by atoms with Crippen molar-refractivity contribution in [3.8, 4) is 11.8 Å². The van der Waals surface area contributed by atoms with Gasteiger partial charge in [0.2, 0.25) is 11.9 Å². The summed E-state index contributed by atoms with van der Waals surface area (Å²) < 4.78 is 5.99. The Morgan fingerprint density at radius 3 is 1.43 bits per heavy atom. The summed E-state index contributed by atoms with van der Waals surface area (Å²) in [5.74, 6) is -1.64. The van der Waals surface area contributed by atoms with Crippen molar-refractivity contribution in [3.05, 3.63) is 190 Å². The predicted molar refractivity (Wildman–Crippen MR) is 207 cm³/mol. The third-order valence-corrected chi connectivity index (χ3v) is 9.37. The van der Waals surface area contributed by atoms with E-state index in [2.05, 4.69) is 30.9 Å². The van der Waals surface area contributed by atoms with E-state index in [1.54, 1.807) is 127 Å². The van der Waals surface area contributed by atoms with Crippen LogP contribution in [-0.2, 0) is 0 Å². The lowest BCUT2D eigenvalue weighted by Crippen LogP contribution is -2.25. The maximum Gasteiger partial charge on any atom is 0.328 e. The lowest BCUT2D eigenvalue weighted by atomic mass is 9.82. The van der Waals surface area contributed by atoms with Gasteiger partial charge in [-0.25, -0.2) is 0 Å². The van der Waals surface area contributed by atoms with Crippen LogP contribution in [0.15, 0.2) is 140 Å². The number of aromatic nitrogens is 3. The number of anilines is 5. The molecule has 0 bridgehead atoms. The number of ketones is 4. The van der Waals surface area contributed by atoms with E-state index in [1.165, 1.54) is 6.07 Å². The molecule has 12 heteroatoms. The average Bonchev–Trinajstić information content (AvgIpc) is 3.22. The fraction of sp³-hybridized carbons (Fsp3) is 0. The molecule has 0 spiro atoms. The van der Waals surface area contributed by atoms with Crippen LogP contribution in [0.4, 0.5) is 29.0 Å². The first-order valence-electron chi connectivity index (χ1n) is 17.4. The number of nitrogens with one attached hydrogen (secondary N) is 3. The molecule has 56 heavy (non-hydrogen) atoms. The Morgan fingerprint density at radius 2 is 0.857 bits per heavy atom. The van der Waals surface area contributed by atoms with Crippen LogP contribution >= 0.6 is 0 Å². The molecule has 1 aromatic heterocycles. The molecule has 0 saturated heterocycles. The number of ether oxygens (including phenoxy) is 1. The van der Waals surface area contributed by atoms with Crippen molar-refractivity contribution in [3.63, 3.8) is 0 Å². The van der Waals surface area contributed by atoms with Crippen molar-refractivity contribution in [1.29, 1.82) is 0 Å². The molecule has 0 aliphatic heterocycles. The monoisotopic (exact) mass is 734 g/mol. The molecule has 1 amide bonds. The molecule has 0 radical (unpaired) electrons. The minimum absolute atomic E-state index is 0.0442. The number of nitrogens with zero attached hydrogens (tertiary/aromatic N) is 3. The van der Waals surface area contributed by atoms with Crippen LogP contribution in [0.25, 0.3) is 0 Å². The number of carbonyl (C=O) groups is 5. The quantitative estimate of drug-likeness (QED) is 0.138. The first-order valence-corrected chi connectivity index (χ1v) is 17.4. The molecule has 268 valence electrons. The van der Waals surface area contributed by atoms with E-state index in [1.807, 2.05) is 6.07 Å². The van der Waals surface area contributed by atoms with E-state index in [0.717, 1.165) is 0 Å². The van der Waals surface area contributed by atoms with Gasteiger partial charge in [-0.15, -0.1) is 0 Å². The van der Waals surface area contributed by atoms with Crippen molar-refractivity contribution >= 4 is 58.0 Å². The van der Waals surface area contributed by atoms with E-state index in [0.29, 0.717) is 16.9 Å². The van der Waals surface area contributed by atoms with Crippen molar-refractivity contribution in [2.24, 2.45) is 0 Å². The molecule has 0 saturated carbocycles. The van der Waals surface area contributed by atoms with Gasteiger partial charge in [-0.3, -0.25) is 24.0 Å². The first-order chi connectivity index (χ1) is 27.3. The van der Waals surface area contributed by atoms with Gasteiger partial charge in [0.15, 0.2) is 23.1 Å². The topological polar surface area (TPSA) is 169 Å². The maximum atomic E-state index is 14.2. The van der Waals surface area contributed by atoms with Crippen LogP contribution < -0.4 is 20.7 Å². The summed E-state index contributed by atoms with van der Waals surface area (Å²) in [6.45, 7) is 0. The average molecular weight is 735 g/mol. The maximum absolute atomic E-state index is 14.2. The van der Waals surface area contributed by atoms with Crippen molar-refractivity contribution in [2.75, 3.05) is 16.0 Å². The largest absolute Gasteiger partial charge is 0.424 e. The molecule has 6 aromatic carbocycles. The van der Waals surface area contributed by atoms with Crippen LogP contribution in [0.2, 0.25) is 0 Å². The van der Waals surface area contributed by atoms with Crippen molar-refractivity contribution in [2.45, 2.75) is 0 Å². The Morgan fingerprint density at radius 1 is 0.429 bits per heavy atom. The zero-order chi connectivity index (χ0) is 38.3. The van der Waals surface area contributed by atoms with E-state index < -0.39 is 17.5 Å². The van der Waals surface area contributed by atoms with Crippen LogP contribution in [0, 0.1) is 0 Å². The third-order valence-electron chi connectivity index (χ3n) is 9.37. The van der Waals surface area contributed by atoms with Gasteiger partial charge in [0.05, 0.1) is 33.8 Å². The van der Waals surface area contributed by atoms with Crippen molar-refractivity contribution in [1.82, 2.24) is 15.0 Å². The number of rotatable bonds is 8. The Hall–Kier alpha value is -8.12. The lowest BCUT2D eigenvalue weighted by Gasteiger charge is -2.23. The highest BCUT2D eigenvalue weighted by Gasteiger charge is 2.35. The highest BCUT2D eigenvalue weighted by molar-refractivity contribution is 6.32. The van der Waals surface area contributed by atoms with Crippen LogP contribution in [0.1, 0.15) is 74.0 Å². The predicted octanol–water partition coefficient (Wildman–Crippen LogP) is 7.95. The summed E-state index contributed by atoms with van der Waals surface area (Å²) >= 11 is 0. The molecule has 0 unspecified atom stereocenters. The van der Waals surface area contributed by atoms with Crippen LogP contribution in [0.3, 0.4) is 0 Å². The van der Waals surface area contributed by atoms with Gasteiger partial charge in [-0.05, 0) is 42.5 Å². The minimum Gasteiger partial charge on any atom is -0.424 e. The Bertz CT molecular complexity index is 2810. The molecule has 3 N–H and O–H groups in total. The Labute approximate surface area is 318 Å². The zero-order valence-corrected chi connectivity index (χ0v) is 29.1. The fourth-order valence-corrected chi connectivity index (χ4v) is 6.83. The second kappa shape index (κ2) is 13.7. The normalized spacial score (nSPS) is 12.5. The van der Waals surface area contributed by atoms with Gasteiger partial charge in [-0.2, -0.15) is 15.0 Å². The first kappa shape index (κ1) is 33.7. The molecule has 12 nitrogen and oxygen atoms in total. The smallest absolute Gasteiger partial charge is 0.328 e. The minimum atomic E-state index is -0.457. The van der Waals surface area contributed by atoms with Gasteiger partial charge >= 0.3 is 6.01 Å². The summed E-state index contributed by atoms with van der Waals surface area (Å²) in [5, 5.41) is 8.95. The Balaban J connectivity index is 1.08. The standard InChI is InChI=1S/C44H26N6O6/c51-37-26-16-7-8-17-27(26)38(52)34-28(37)18-9-22-32(34)46-42-48-43(50-44(49-42)56-25-14-5-2-6-15-25)47-33-23-11-20-30-36(33)40(54)29-19-10-21-31(35(29)39(30)53)45-41(55)24-12-3-1-4-13-24/h1-23H,(H,45,55)(H2,46,47,48,49,50). The molecule has 9 rings (SSSR count). The zero-order valence-electron chi connectivity index (χ0n) is 29.1. The van der Waals surface area contributed by atoms with Crippen LogP contribution in [0.5, 0.6) is 11.8 Å².